The average molecular weight is 274 g/mol. The van der Waals surface area contributed by atoms with E-state index < -0.39 is 9.84 Å². The van der Waals surface area contributed by atoms with Crippen molar-refractivity contribution in [3.8, 4) is 0 Å². The summed E-state index contributed by atoms with van der Waals surface area (Å²) in [5.74, 6) is 0.623. The summed E-state index contributed by atoms with van der Waals surface area (Å²) in [5, 5.41) is 3.39. The third-order valence-electron chi connectivity index (χ3n) is 3.17. The first kappa shape index (κ1) is 15.7. The number of rotatable bonds is 5. The Hall–Kier alpha value is -0.390. The zero-order valence-electron chi connectivity index (χ0n) is 12.0. The van der Waals surface area contributed by atoms with Gasteiger partial charge in [-0.3, -0.25) is 4.90 Å². The highest BCUT2D eigenvalue weighted by atomic mass is 32.2. The number of hydrogen-bond donors (Lipinski definition) is 1. The molecule has 1 rings (SSSR count). The van der Waals surface area contributed by atoms with Gasteiger partial charge in [-0.25, -0.2) is 8.42 Å². The summed E-state index contributed by atoms with van der Waals surface area (Å²) in [4.78, 5) is 2.11. The zero-order chi connectivity index (χ0) is 14.0. The van der Waals surface area contributed by atoms with Crippen molar-refractivity contribution in [2.45, 2.75) is 38.8 Å². The Kier molecular flexibility index (Phi) is 4.98. The van der Waals surface area contributed by atoms with Gasteiger partial charge in [0.25, 0.3) is 0 Å². The average Bonchev–Trinajstić information content (AvgIpc) is 2.55. The lowest BCUT2D eigenvalue weighted by molar-refractivity contribution is 0.279. The van der Waals surface area contributed by atoms with Gasteiger partial charge in [0.05, 0.1) is 11.5 Å². The summed E-state index contributed by atoms with van der Waals surface area (Å²) < 4.78 is 22.9. The molecule has 0 aromatic carbocycles. The van der Waals surface area contributed by atoms with E-state index in [2.05, 4.69) is 37.6 Å². The largest absolute Gasteiger partial charge is 0.308 e. The normalized spacial score (nSPS) is 23.5. The van der Waals surface area contributed by atoms with Crippen molar-refractivity contribution >= 4 is 9.84 Å². The fourth-order valence-corrected chi connectivity index (χ4v) is 3.86. The molecule has 1 aliphatic heterocycles. The topological polar surface area (TPSA) is 49.4 Å². The smallest absolute Gasteiger partial charge is 0.151 e. The molecule has 106 valence electrons. The summed E-state index contributed by atoms with van der Waals surface area (Å²) in [6.07, 6.45) is 0.749. The van der Waals surface area contributed by atoms with E-state index in [-0.39, 0.29) is 11.6 Å². The molecule has 1 aliphatic rings. The van der Waals surface area contributed by atoms with Gasteiger partial charge in [-0.15, -0.1) is 0 Å². The van der Waals surface area contributed by atoms with Crippen LogP contribution in [0, 0.1) is 0 Å². The molecule has 18 heavy (non-hydrogen) atoms. The minimum atomic E-state index is -2.80. The van der Waals surface area contributed by atoms with Gasteiger partial charge in [0.1, 0.15) is 0 Å². The van der Waals surface area contributed by atoms with Crippen molar-refractivity contribution in [3.63, 3.8) is 0 Å². The van der Waals surface area contributed by atoms with Crippen LogP contribution >= 0.6 is 0 Å². The monoisotopic (exact) mass is 274 g/mol. The summed E-state index contributed by atoms with van der Waals surface area (Å²) >= 11 is 0. The van der Waals surface area contributed by atoms with E-state index in [0.29, 0.717) is 11.5 Å². The van der Waals surface area contributed by atoms with Crippen molar-refractivity contribution < 1.29 is 8.42 Å². The van der Waals surface area contributed by atoms with Crippen LogP contribution in [0.25, 0.3) is 0 Å². The van der Waals surface area contributed by atoms with E-state index in [0.717, 1.165) is 25.1 Å². The van der Waals surface area contributed by atoms with Crippen LogP contribution in [0.15, 0.2) is 12.2 Å². The third kappa shape index (κ3) is 5.50. The number of nitrogens with one attached hydrogen (secondary N) is 1. The second-order valence-electron chi connectivity index (χ2n) is 6.33. The van der Waals surface area contributed by atoms with Crippen LogP contribution in [0.5, 0.6) is 0 Å². The van der Waals surface area contributed by atoms with Gasteiger partial charge < -0.3 is 5.32 Å². The number of likely N-dealkylation sites (N-methyl/N-ethyl adjacent to an activating group) is 1. The Bertz CT molecular complexity index is 396. The van der Waals surface area contributed by atoms with Crippen molar-refractivity contribution in [1.82, 2.24) is 10.2 Å². The van der Waals surface area contributed by atoms with E-state index in [1.54, 1.807) is 0 Å². The first-order valence-corrected chi connectivity index (χ1v) is 8.23. The van der Waals surface area contributed by atoms with E-state index >= 15 is 0 Å². The highest BCUT2D eigenvalue weighted by molar-refractivity contribution is 7.91. The maximum absolute atomic E-state index is 11.4. The summed E-state index contributed by atoms with van der Waals surface area (Å²) in [6, 6.07) is 0.154. The minimum absolute atomic E-state index is 0.0816. The number of sulfone groups is 1. The molecule has 1 heterocycles. The van der Waals surface area contributed by atoms with Crippen molar-refractivity contribution in [3.05, 3.63) is 12.2 Å². The van der Waals surface area contributed by atoms with Crippen LogP contribution in [0.2, 0.25) is 0 Å². The highest BCUT2D eigenvalue weighted by Gasteiger charge is 2.30. The van der Waals surface area contributed by atoms with Crippen molar-refractivity contribution in [1.29, 1.82) is 0 Å². The van der Waals surface area contributed by atoms with Crippen LogP contribution in [-0.4, -0.2) is 56.5 Å². The SMILES string of the molecule is C=C(CNC(C)(C)C)CN(C)C1CCS(=O)(=O)C1. The molecule has 0 spiro atoms. The molecule has 0 bridgehead atoms. The second-order valence-corrected chi connectivity index (χ2v) is 8.55. The van der Waals surface area contributed by atoms with Crippen LogP contribution in [0.3, 0.4) is 0 Å². The molecule has 0 saturated carbocycles. The predicted octanol–water partition coefficient (Wildman–Crippen LogP) is 1.05. The summed E-state index contributed by atoms with van der Waals surface area (Å²) in [7, 11) is -0.819. The molecule has 4 nitrogen and oxygen atoms in total. The van der Waals surface area contributed by atoms with E-state index in [4.69, 9.17) is 0 Å². The molecule has 0 radical (unpaired) electrons. The standard InChI is InChI=1S/C13H26N2O2S/c1-11(8-14-13(2,3)4)9-15(5)12-6-7-18(16,17)10-12/h12,14H,1,6-10H2,2-5H3. The summed E-state index contributed by atoms with van der Waals surface area (Å²) in [6.45, 7) is 11.9. The molecular weight excluding hydrogens is 248 g/mol. The first-order valence-electron chi connectivity index (χ1n) is 6.41. The molecule has 0 amide bonds. The summed E-state index contributed by atoms with van der Waals surface area (Å²) in [5.41, 5.74) is 1.18. The Morgan fingerprint density at radius 2 is 2.06 bits per heavy atom. The molecule has 1 fully saturated rings. The molecule has 0 aliphatic carbocycles. The van der Waals surface area contributed by atoms with Gasteiger partial charge in [-0.1, -0.05) is 6.58 Å². The minimum Gasteiger partial charge on any atom is -0.308 e. The molecular formula is C13H26N2O2S. The van der Waals surface area contributed by atoms with Crippen LogP contribution in [0.1, 0.15) is 27.2 Å². The molecule has 1 atom stereocenters. The fourth-order valence-electron chi connectivity index (χ4n) is 2.05. The van der Waals surface area contributed by atoms with Gasteiger partial charge in [0.2, 0.25) is 0 Å². The molecule has 1 unspecified atom stereocenters. The Labute approximate surface area is 111 Å². The predicted molar refractivity (Wildman–Crippen MR) is 76.6 cm³/mol. The molecule has 0 aromatic heterocycles. The first-order chi connectivity index (χ1) is 8.09. The molecule has 1 saturated heterocycles. The lowest BCUT2D eigenvalue weighted by atomic mass is 10.1. The molecule has 0 aromatic rings. The van der Waals surface area contributed by atoms with E-state index in [9.17, 15) is 8.42 Å². The van der Waals surface area contributed by atoms with Crippen molar-refractivity contribution in [2.24, 2.45) is 0 Å². The number of nitrogens with zero attached hydrogens (tertiary/aromatic N) is 1. The second kappa shape index (κ2) is 5.72. The lowest BCUT2D eigenvalue weighted by Crippen LogP contribution is -2.40. The van der Waals surface area contributed by atoms with Crippen LogP contribution in [-0.2, 0) is 9.84 Å². The molecule has 1 N–H and O–H groups in total. The Balaban J connectivity index is 2.37. The van der Waals surface area contributed by atoms with Gasteiger partial charge >= 0.3 is 0 Å². The maximum Gasteiger partial charge on any atom is 0.151 e. The van der Waals surface area contributed by atoms with Gasteiger partial charge in [0, 0.05) is 24.7 Å². The number of hydrogen-bond acceptors (Lipinski definition) is 4. The maximum atomic E-state index is 11.4. The van der Waals surface area contributed by atoms with E-state index in [1.807, 2.05) is 7.05 Å². The van der Waals surface area contributed by atoms with Gasteiger partial charge in [-0.05, 0) is 39.8 Å². The van der Waals surface area contributed by atoms with Gasteiger partial charge in [-0.2, -0.15) is 0 Å². The fraction of sp³-hybridized carbons (Fsp3) is 0.846. The molecule has 5 heteroatoms. The van der Waals surface area contributed by atoms with Crippen LogP contribution in [0.4, 0.5) is 0 Å². The van der Waals surface area contributed by atoms with E-state index in [1.165, 1.54) is 0 Å². The Morgan fingerprint density at radius 3 is 2.50 bits per heavy atom. The quantitative estimate of drug-likeness (QED) is 0.761. The zero-order valence-corrected chi connectivity index (χ0v) is 12.8. The van der Waals surface area contributed by atoms with Gasteiger partial charge in [0.15, 0.2) is 9.84 Å². The third-order valence-corrected chi connectivity index (χ3v) is 4.92. The highest BCUT2D eigenvalue weighted by Crippen LogP contribution is 2.17. The van der Waals surface area contributed by atoms with Crippen molar-refractivity contribution in [2.75, 3.05) is 31.6 Å². The van der Waals surface area contributed by atoms with Crippen LogP contribution < -0.4 is 5.32 Å². The Morgan fingerprint density at radius 1 is 1.44 bits per heavy atom. The lowest BCUT2D eigenvalue weighted by Gasteiger charge is -2.26.